The molecular weight excluding hydrogens is 304 g/mol. The summed E-state index contributed by atoms with van der Waals surface area (Å²) in [6, 6.07) is 0.00778. The van der Waals surface area contributed by atoms with Crippen LogP contribution in [-0.4, -0.2) is 44.7 Å². The number of likely N-dealkylation sites (tertiary alicyclic amines) is 1. The zero-order valence-corrected chi connectivity index (χ0v) is 14.8. The van der Waals surface area contributed by atoms with Gasteiger partial charge in [-0.1, -0.05) is 13.8 Å². The fraction of sp³-hybridized carbons (Fsp3) is 0.667. The van der Waals surface area contributed by atoms with Crippen molar-refractivity contribution in [3.05, 3.63) is 23.3 Å². The number of fused-ring (bicyclic) bond motifs is 1. The molecule has 0 aliphatic carbocycles. The quantitative estimate of drug-likeness (QED) is 0.851. The Kier molecular flexibility index (Phi) is 4.83. The zero-order valence-electron chi connectivity index (χ0n) is 14.8. The van der Waals surface area contributed by atoms with Gasteiger partial charge in [0.25, 0.3) is 0 Å². The van der Waals surface area contributed by atoms with Gasteiger partial charge in [-0.05, 0) is 18.8 Å². The summed E-state index contributed by atoms with van der Waals surface area (Å²) in [5, 5.41) is 0. The van der Waals surface area contributed by atoms with Crippen molar-refractivity contribution in [2.24, 2.45) is 5.92 Å². The summed E-state index contributed by atoms with van der Waals surface area (Å²) in [5.41, 5.74) is 2.07. The van der Waals surface area contributed by atoms with Gasteiger partial charge in [-0.15, -0.1) is 0 Å². The molecule has 1 saturated heterocycles. The van der Waals surface area contributed by atoms with Gasteiger partial charge >= 0.3 is 0 Å². The molecule has 3 rings (SSSR count). The first-order chi connectivity index (χ1) is 11.5. The molecule has 6 nitrogen and oxygen atoms in total. The van der Waals surface area contributed by atoms with Crippen LogP contribution < -0.4 is 0 Å². The first-order valence-corrected chi connectivity index (χ1v) is 8.85. The van der Waals surface area contributed by atoms with Gasteiger partial charge in [-0.3, -0.25) is 9.59 Å². The molecular formula is C18H26N4O2. The second-order valence-electron chi connectivity index (χ2n) is 7.23. The van der Waals surface area contributed by atoms with Gasteiger partial charge in [0, 0.05) is 51.2 Å². The van der Waals surface area contributed by atoms with E-state index in [1.54, 1.807) is 6.92 Å². The van der Waals surface area contributed by atoms with Crippen LogP contribution in [0.5, 0.6) is 0 Å². The second-order valence-corrected chi connectivity index (χ2v) is 7.23. The average molecular weight is 330 g/mol. The lowest BCUT2D eigenvalue weighted by atomic mass is 10.0. The van der Waals surface area contributed by atoms with E-state index in [1.807, 2.05) is 16.0 Å². The van der Waals surface area contributed by atoms with Gasteiger partial charge in [0.05, 0.1) is 11.7 Å². The van der Waals surface area contributed by atoms with Crippen LogP contribution in [0.2, 0.25) is 0 Å². The van der Waals surface area contributed by atoms with E-state index in [0.717, 1.165) is 49.4 Å². The van der Waals surface area contributed by atoms with E-state index in [2.05, 4.69) is 18.8 Å². The van der Waals surface area contributed by atoms with E-state index in [1.165, 1.54) is 0 Å². The number of carbonyl (C=O) groups excluding carboxylic acids is 2. The monoisotopic (exact) mass is 330 g/mol. The van der Waals surface area contributed by atoms with Crippen molar-refractivity contribution in [3.8, 4) is 0 Å². The minimum absolute atomic E-state index is 0.00778. The summed E-state index contributed by atoms with van der Waals surface area (Å²) < 4.78 is 0. The van der Waals surface area contributed by atoms with Crippen LogP contribution in [0, 0.1) is 5.92 Å². The number of rotatable bonds is 3. The molecule has 1 aromatic rings. The molecule has 3 heterocycles. The maximum atomic E-state index is 12.3. The fourth-order valence-electron chi connectivity index (χ4n) is 3.60. The summed E-state index contributed by atoms with van der Waals surface area (Å²) in [5.74, 6) is 1.42. The SMILES string of the molecule is CC(=O)N1CCCC1c1ncc2c(n1)CCN(C(=O)CC(C)C)C2. The molecule has 130 valence electrons. The molecule has 2 aliphatic rings. The second kappa shape index (κ2) is 6.87. The third-order valence-corrected chi connectivity index (χ3v) is 4.84. The van der Waals surface area contributed by atoms with E-state index in [9.17, 15) is 9.59 Å². The van der Waals surface area contributed by atoms with Crippen molar-refractivity contribution in [3.63, 3.8) is 0 Å². The van der Waals surface area contributed by atoms with Crippen LogP contribution in [0.1, 0.15) is 63.2 Å². The largest absolute Gasteiger partial charge is 0.338 e. The highest BCUT2D eigenvalue weighted by Gasteiger charge is 2.31. The molecule has 2 amide bonds. The highest BCUT2D eigenvalue weighted by Crippen LogP contribution is 2.30. The van der Waals surface area contributed by atoms with Crippen LogP contribution in [0.25, 0.3) is 0 Å². The fourth-order valence-corrected chi connectivity index (χ4v) is 3.60. The molecule has 1 aromatic heterocycles. The Labute approximate surface area is 143 Å². The maximum Gasteiger partial charge on any atom is 0.223 e. The minimum atomic E-state index is 0.00778. The van der Waals surface area contributed by atoms with Crippen molar-refractivity contribution in [1.82, 2.24) is 19.8 Å². The summed E-state index contributed by atoms with van der Waals surface area (Å²) in [6.07, 6.45) is 5.13. The lowest BCUT2D eigenvalue weighted by molar-refractivity contribution is -0.133. The molecule has 0 aromatic carbocycles. The summed E-state index contributed by atoms with van der Waals surface area (Å²) in [4.78, 5) is 37.0. The molecule has 2 aliphatic heterocycles. The van der Waals surface area contributed by atoms with E-state index in [-0.39, 0.29) is 17.9 Å². The summed E-state index contributed by atoms with van der Waals surface area (Å²) >= 11 is 0. The third-order valence-electron chi connectivity index (χ3n) is 4.84. The molecule has 1 unspecified atom stereocenters. The Morgan fingerprint density at radius 2 is 2.12 bits per heavy atom. The van der Waals surface area contributed by atoms with Crippen LogP contribution >= 0.6 is 0 Å². The van der Waals surface area contributed by atoms with Crippen molar-refractivity contribution in [2.45, 2.75) is 59.0 Å². The predicted octanol–water partition coefficient (Wildman–Crippen LogP) is 2.09. The molecule has 0 saturated carbocycles. The lowest BCUT2D eigenvalue weighted by Crippen LogP contribution is -2.37. The van der Waals surface area contributed by atoms with Crippen LogP contribution in [0.15, 0.2) is 6.20 Å². The number of aromatic nitrogens is 2. The Morgan fingerprint density at radius 1 is 1.33 bits per heavy atom. The van der Waals surface area contributed by atoms with Crippen molar-refractivity contribution in [2.75, 3.05) is 13.1 Å². The molecule has 1 atom stereocenters. The molecule has 6 heteroatoms. The lowest BCUT2D eigenvalue weighted by Gasteiger charge is -2.29. The van der Waals surface area contributed by atoms with E-state index in [0.29, 0.717) is 18.9 Å². The van der Waals surface area contributed by atoms with Crippen LogP contribution in [-0.2, 0) is 22.6 Å². The van der Waals surface area contributed by atoms with E-state index < -0.39 is 0 Å². The third kappa shape index (κ3) is 3.42. The smallest absolute Gasteiger partial charge is 0.223 e. The Balaban J connectivity index is 1.74. The molecule has 0 N–H and O–H groups in total. The molecule has 24 heavy (non-hydrogen) atoms. The Bertz CT molecular complexity index is 644. The van der Waals surface area contributed by atoms with Crippen molar-refractivity contribution in [1.29, 1.82) is 0 Å². The summed E-state index contributed by atoms with van der Waals surface area (Å²) in [7, 11) is 0. The van der Waals surface area contributed by atoms with Gasteiger partial charge < -0.3 is 9.80 Å². The summed E-state index contributed by atoms with van der Waals surface area (Å²) in [6.45, 7) is 7.84. The van der Waals surface area contributed by atoms with Gasteiger partial charge in [-0.2, -0.15) is 0 Å². The first-order valence-electron chi connectivity index (χ1n) is 8.85. The Morgan fingerprint density at radius 3 is 2.83 bits per heavy atom. The number of carbonyl (C=O) groups is 2. The number of nitrogens with zero attached hydrogens (tertiary/aromatic N) is 4. The zero-order chi connectivity index (χ0) is 17.3. The van der Waals surface area contributed by atoms with Crippen molar-refractivity contribution < 1.29 is 9.59 Å². The Hall–Kier alpha value is -1.98. The molecule has 0 bridgehead atoms. The van der Waals surface area contributed by atoms with Gasteiger partial charge in [-0.25, -0.2) is 9.97 Å². The van der Waals surface area contributed by atoms with E-state index >= 15 is 0 Å². The first kappa shape index (κ1) is 16.9. The number of hydrogen-bond acceptors (Lipinski definition) is 4. The van der Waals surface area contributed by atoms with Gasteiger partial charge in [0.2, 0.25) is 11.8 Å². The number of hydrogen-bond donors (Lipinski definition) is 0. The standard InChI is InChI=1S/C18H26N4O2/c1-12(2)9-17(24)21-8-6-15-14(11-21)10-19-18(20-15)16-5-4-7-22(16)13(3)23/h10,12,16H,4-9,11H2,1-3H3. The molecule has 1 fully saturated rings. The average Bonchev–Trinajstić information content (AvgIpc) is 3.03. The van der Waals surface area contributed by atoms with Gasteiger partial charge in [0.15, 0.2) is 5.82 Å². The molecule has 0 spiro atoms. The normalized spacial score (nSPS) is 20.4. The highest BCUT2D eigenvalue weighted by atomic mass is 16.2. The minimum Gasteiger partial charge on any atom is -0.338 e. The van der Waals surface area contributed by atoms with Crippen molar-refractivity contribution >= 4 is 11.8 Å². The van der Waals surface area contributed by atoms with Crippen LogP contribution in [0.3, 0.4) is 0 Å². The van der Waals surface area contributed by atoms with Gasteiger partial charge in [0.1, 0.15) is 0 Å². The van der Waals surface area contributed by atoms with E-state index in [4.69, 9.17) is 4.98 Å². The number of amides is 2. The predicted molar refractivity (Wildman–Crippen MR) is 90.0 cm³/mol. The molecule has 0 radical (unpaired) electrons. The van der Waals surface area contributed by atoms with Crippen LogP contribution in [0.4, 0.5) is 0 Å². The topological polar surface area (TPSA) is 66.4 Å². The maximum absolute atomic E-state index is 12.3. The highest BCUT2D eigenvalue weighted by molar-refractivity contribution is 5.76.